The third-order valence-corrected chi connectivity index (χ3v) is 10.7. The van der Waals surface area contributed by atoms with E-state index >= 15 is 0 Å². The van der Waals surface area contributed by atoms with Crippen LogP contribution >= 0.6 is 0 Å². The smallest absolute Gasteiger partial charge is 0.264 e. The van der Waals surface area contributed by atoms with E-state index in [1.807, 2.05) is 93.6 Å². The molecule has 0 bridgehead atoms. The zero-order valence-electron chi connectivity index (χ0n) is 27.6. The first kappa shape index (κ1) is 33.9. The van der Waals surface area contributed by atoms with Gasteiger partial charge in [0.15, 0.2) is 0 Å². The number of hydrogen-bond donors (Lipinski definition) is 1. The van der Waals surface area contributed by atoms with Gasteiger partial charge in [-0.05, 0) is 74.1 Å². The van der Waals surface area contributed by atoms with Crippen molar-refractivity contribution >= 4 is 27.5 Å². The van der Waals surface area contributed by atoms with Crippen molar-refractivity contribution in [2.75, 3.05) is 10.8 Å². The normalized spacial score (nSPS) is 14.3. The van der Waals surface area contributed by atoms with Crippen LogP contribution in [0, 0.1) is 20.8 Å². The molecular weight excluding hydrogens is 607 g/mol. The Labute approximate surface area is 279 Å². The van der Waals surface area contributed by atoms with Crippen LogP contribution in [-0.4, -0.2) is 43.8 Å². The highest BCUT2D eigenvalue weighted by atomic mass is 32.2. The van der Waals surface area contributed by atoms with Crippen molar-refractivity contribution in [1.82, 2.24) is 10.2 Å². The molecule has 1 aliphatic carbocycles. The van der Waals surface area contributed by atoms with Crippen molar-refractivity contribution in [1.29, 1.82) is 0 Å². The predicted molar refractivity (Wildman–Crippen MR) is 188 cm³/mol. The summed E-state index contributed by atoms with van der Waals surface area (Å²) in [5.74, 6) is -0.671. The number of aryl methyl sites for hydroxylation is 3. The third kappa shape index (κ3) is 8.69. The van der Waals surface area contributed by atoms with Crippen LogP contribution in [0.3, 0.4) is 0 Å². The number of hydrogen-bond acceptors (Lipinski definition) is 4. The Balaban J connectivity index is 1.57. The molecule has 1 atom stereocenters. The minimum absolute atomic E-state index is 0.0524. The number of rotatable bonds is 12. The average molecular weight is 652 g/mol. The molecule has 2 amide bonds. The standard InChI is InChI=1S/C39H45N3O4S/c1-29-20-23-35(24-21-29)47(45,46)42(36-25-30(2)19-22-31(36)3)28-38(43)41(27-33-15-9-5-10-16-33)37(26-32-13-7-4-8-14-32)39(44)40-34-17-11-6-12-18-34/h4-5,7-10,13-16,19-25,34,37H,6,11-12,17-18,26-28H2,1-3H3,(H,40,44)/t37-/m0/s1. The van der Waals surface area contributed by atoms with Crippen molar-refractivity contribution in [3.63, 3.8) is 0 Å². The van der Waals surface area contributed by atoms with Crippen LogP contribution in [0.1, 0.15) is 59.9 Å². The first-order valence-corrected chi connectivity index (χ1v) is 17.9. The van der Waals surface area contributed by atoms with E-state index in [1.54, 1.807) is 35.2 Å². The molecule has 0 aliphatic heterocycles. The van der Waals surface area contributed by atoms with E-state index in [9.17, 15) is 18.0 Å². The van der Waals surface area contributed by atoms with Gasteiger partial charge in [-0.1, -0.05) is 110 Å². The maximum absolute atomic E-state index is 14.7. The van der Waals surface area contributed by atoms with E-state index < -0.39 is 28.5 Å². The summed E-state index contributed by atoms with van der Waals surface area (Å²) >= 11 is 0. The van der Waals surface area contributed by atoms with Gasteiger partial charge in [0, 0.05) is 19.0 Å². The lowest BCUT2D eigenvalue weighted by Crippen LogP contribution is -2.55. The summed E-state index contributed by atoms with van der Waals surface area (Å²) in [6, 6.07) is 30.7. The summed E-state index contributed by atoms with van der Waals surface area (Å²) in [7, 11) is -4.15. The van der Waals surface area contributed by atoms with Gasteiger partial charge in [-0.25, -0.2) is 8.42 Å². The van der Waals surface area contributed by atoms with E-state index in [1.165, 1.54) is 4.31 Å². The van der Waals surface area contributed by atoms with Crippen molar-refractivity contribution in [3.05, 3.63) is 131 Å². The second kappa shape index (κ2) is 15.4. The quantitative estimate of drug-likeness (QED) is 0.181. The van der Waals surface area contributed by atoms with Gasteiger partial charge in [-0.15, -0.1) is 0 Å². The molecule has 5 rings (SSSR count). The molecule has 4 aromatic carbocycles. The predicted octanol–water partition coefficient (Wildman–Crippen LogP) is 6.90. The van der Waals surface area contributed by atoms with Gasteiger partial charge < -0.3 is 10.2 Å². The number of sulfonamides is 1. The van der Waals surface area contributed by atoms with E-state index in [0.29, 0.717) is 12.1 Å². The summed E-state index contributed by atoms with van der Waals surface area (Å²) in [6.07, 6.45) is 5.39. The largest absolute Gasteiger partial charge is 0.352 e. The Bertz CT molecular complexity index is 1750. The fourth-order valence-electron chi connectivity index (χ4n) is 6.22. The highest BCUT2D eigenvalue weighted by Gasteiger charge is 2.35. The number of amides is 2. The topological polar surface area (TPSA) is 86.8 Å². The molecule has 0 heterocycles. The molecule has 1 fully saturated rings. The van der Waals surface area contributed by atoms with Crippen LogP contribution in [0.5, 0.6) is 0 Å². The number of nitrogens with zero attached hydrogens (tertiary/aromatic N) is 2. The zero-order valence-corrected chi connectivity index (χ0v) is 28.4. The van der Waals surface area contributed by atoms with Gasteiger partial charge in [0.1, 0.15) is 12.6 Å². The Kier molecular flexibility index (Phi) is 11.1. The fraction of sp³-hybridized carbons (Fsp3) is 0.333. The van der Waals surface area contributed by atoms with Gasteiger partial charge >= 0.3 is 0 Å². The lowest BCUT2D eigenvalue weighted by Gasteiger charge is -2.35. The van der Waals surface area contributed by atoms with Crippen LogP contribution < -0.4 is 9.62 Å². The first-order chi connectivity index (χ1) is 22.6. The third-order valence-electron chi connectivity index (χ3n) is 8.94. The molecule has 4 aromatic rings. The molecule has 0 aromatic heterocycles. The Hall–Kier alpha value is -4.43. The minimum atomic E-state index is -4.15. The summed E-state index contributed by atoms with van der Waals surface area (Å²) in [4.78, 5) is 30.6. The van der Waals surface area contributed by atoms with Crippen molar-refractivity contribution in [2.24, 2.45) is 0 Å². The molecule has 7 nitrogen and oxygen atoms in total. The molecule has 1 N–H and O–H groups in total. The van der Waals surface area contributed by atoms with E-state index in [4.69, 9.17) is 0 Å². The highest BCUT2D eigenvalue weighted by molar-refractivity contribution is 7.92. The SMILES string of the molecule is Cc1ccc(S(=O)(=O)N(CC(=O)N(Cc2ccccc2)[C@@H](Cc2ccccc2)C(=O)NC2CCCCC2)c2cc(C)ccc2C)cc1. The lowest BCUT2D eigenvalue weighted by molar-refractivity contribution is -0.140. The van der Waals surface area contributed by atoms with E-state index in [2.05, 4.69) is 5.32 Å². The lowest BCUT2D eigenvalue weighted by atomic mass is 9.94. The van der Waals surface area contributed by atoms with Crippen LogP contribution in [-0.2, 0) is 32.6 Å². The summed E-state index contributed by atoms with van der Waals surface area (Å²) in [5, 5.41) is 3.26. The second-order valence-corrected chi connectivity index (χ2v) is 14.5. The molecule has 246 valence electrons. The molecule has 0 unspecified atom stereocenters. The summed E-state index contributed by atoms with van der Waals surface area (Å²) < 4.78 is 29.9. The molecule has 1 aliphatic rings. The monoisotopic (exact) mass is 651 g/mol. The number of carbonyl (C=O) groups is 2. The maximum atomic E-state index is 14.7. The van der Waals surface area contributed by atoms with Crippen molar-refractivity contribution < 1.29 is 18.0 Å². The Morgan fingerprint density at radius 1 is 0.766 bits per heavy atom. The molecule has 1 saturated carbocycles. The molecule has 8 heteroatoms. The maximum Gasteiger partial charge on any atom is 0.264 e. The molecule has 0 spiro atoms. The molecule has 0 saturated heterocycles. The summed E-state index contributed by atoms with van der Waals surface area (Å²) in [6.45, 7) is 5.33. The van der Waals surface area contributed by atoms with Gasteiger partial charge in [0.25, 0.3) is 10.0 Å². The number of carbonyl (C=O) groups excluding carboxylic acids is 2. The van der Waals surface area contributed by atoms with Gasteiger partial charge in [-0.3, -0.25) is 13.9 Å². The molecule has 0 radical (unpaired) electrons. The van der Waals surface area contributed by atoms with Crippen LogP contribution in [0.15, 0.2) is 108 Å². The van der Waals surface area contributed by atoms with E-state index in [-0.39, 0.29) is 23.4 Å². The van der Waals surface area contributed by atoms with Crippen molar-refractivity contribution in [2.45, 2.75) is 82.8 Å². The van der Waals surface area contributed by atoms with Crippen LogP contribution in [0.25, 0.3) is 0 Å². The zero-order chi connectivity index (χ0) is 33.4. The Morgan fingerprint density at radius 3 is 2.00 bits per heavy atom. The van der Waals surface area contributed by atoms with Crippen molar-refractivity contribution in [3.8, 4) is 0 Å². The number of anilines is 1. The van der Waals surface area contributed by atoms with Gasteiger partial charge in [0.05, 0.1) is 10.6 Å². The van der Waals surface area contributed by atoms with Crippen LogP contribution in [0.2, 0.25) is 0 Å². The number of nitrogens with one attached hydrogen (secondary N) is 1. The second-order valence-electron chi connectivity index (χ2n) is 12.7. The molecule has 47 heavy (non-hydrogen) atoms. The fourth-order valence-corrected chi connectivity index (χ4v) is 7.69. The number of benzene rings is 4. The summed E-state index contributed by atoms with van der Waals surface area (Å²) in [5.41, 5.74) is 4.73. The highest BCUT2D eigenvalue weighted by Crippen LogP contribution is 2.29. The average Bonchev–Trinajstić information content (AvgIpc) is 3.08. The minimum Gasteiger partial charge on any atom is -0.352 e. The first-order valence-electron chi connectivity index (χ1n) is 16.5. The van der Waals surface area contributed by atoms with Crippen LogP contribution in [0.4, 0.5) is 5.69 Å². The van der Waals surface area contributed by atoms with Gasteiger partial charge in [0.2, 0.25) is 11.8 Å². The Morgan fingerprint density at radius 2 is 1.36 bits per heavy atom. The van der Waals surface area contributed by atoms with E-state index in [0.717, 1.165) is 59.9 Å². The molecular formula is C39H45N3O4S. The van der Waals surface area contributed by atoms with Gasteiger partial charge in [-0.2, -0.15) is 0 Å².